The van der Waals surface area contributed by atoms with E-state index >= 15 is 0 Å². The number of aromatic amines is 1. The number of para-hydroxylation sites is 1. The van der Waals surface area contributed by atoms with Gasteiger partial charge in [-0.2, -0.15) is 0 Å². The number of amides is 1. The topological polar surface area (TPSA) is 36.1 Å². The first kappa shape index (κ1) is 14.1. The Morgan fingerprint density at radius 3 is 2.43 bits per heavy atom. The summed E-state index contributed by atoms with van der Waals surface area (Å²) in [5.74, 6) is 0.114. The fraction of sp³-hybridized carbons (Fsp3) is 0.250. The van der Waals surface area contributed by atoms with Crippen LogP contribution in [0.25, 0.3) is 10.9 Å². The number of carbonyl (C=O) groups excluding carboxylic acids is 1. The predicted octanol–water partition coefficient (Wildman–Crippen LogP) is 4.51. The molecular formula is C20H20N2O. The van der Waals surface area contributed by atoms with Gasteiger partial charge in [-0.25, -0.2) is 0 Å². The third-order valence-corrected chi connectivity index (χ3v) is 4.60. The Bertz CT molecular complexity index is 901. The van der Waals surface area contributed by atoms with Crippen molar-refractivity contribution in [1.29, 1.82) is 0 Å². The van der Waals surface area contributed by atoms with Crippen molar-refractivity contribution in [1.82, 2.24) is 9.88 Å². The van der Waals surface area contributed by atoms with Crippen molar-refractivity contribution >= 4 is 16.8 Å². The number of carbonyl (C=O) groups is 1. The minimum Gasteiger partial charge on any atom is -0.361 e. The molecule has 1 aromatic heterocycles. The lowest BCUT2D eigenvalue weighted by molar-refractivity contribution is 0.0553. The first-order valence-electron chi connectivity index (χ1n) is 7.97. The highest BCUT2D eigenvalue weighted by atomic mass is 16.2. The summed E-state index contributed by atoms with van der Waals surface area (Å²) in [6.07, 6.45) is 2.05. The first-order chi connectivity index (χ1) is 11.0. The molecule has 0 bridgehead atoms. The summed E-state index contributed by atoms with van der Waals surface area (Å²) < 4.78 is 0. The van der Waals surface area contributed by atoms with Gasteiger partial charge in [0.1, 0.15) is 0 Å². The minimum atomic E-state index is -0.251. The monoisotopic (exact) mass is 304 g/mol. The van der Waals surface area contributed by atoms with Crippen molar-refractivity contribution in [3.63, 3.8) is 0 Å². The number of hydrogen-bond donors (Lipinski definition) is 1. The van der Waals surface area contributed by atoms with Crippen LogP contribution in [0.4, 0.5) is 0 Å². The zero-order valence-corrected chi connectivity index (χ0v) is 13.6. The van der Waals surface area contributed by atoms with Gasteiger partial charge in [0.2, 0.25) is 0 Å². The van der Waals surface area contributed by atoms with E-state index in [1.165, 1.54) is 5.39 Å². The molecule has 0 aliphatic carbocycles. The van der Waals surface area contributed by atoms with E-state index in [0.29, 0.717) is 0 Å². The molecule has 0 spiro atoms. The molecule has 3 aromatic rings. The van der Waals surface area contributed by atoms with Crippen molar-refractivity contribution in [2.45, 2.75) is 32.4 Å². The second-order valence-electron chi connectivity index (χ2n) is 7.13. The highest BCUT2D eigenvalue weighted by Gasteiger charge is 2.43. The number of nitrogens with one attached hydrogen (secondary N) is 1. The summed E-state index contributed by atoms with van der Waals surface area (Å²) in [6, 6.07) is 16.2. The van der Waals surface area contributed by atoms with Crippen LogP contribution in [0.2, 0.25) is 0 Å². The lowest BCUT2D eigenvalue weighted by Gasteiger charge is -2.37. The van der Waals surface area contributed by atoms with E-state index in [9.17, 15) is 4.79 Å². The van der Waals surface area contributed by atoms with Gasteiger partial charge in [0, 0.05) is 33.8 Å². The zero-order chi connectivity index (χ0) is 16.2. The number of nitrogens with zero attached hydrogens (tertiary/aromatic N) is 1. The third kappa shape index (κ3) is 2.00. The Hall–Kier alpha value is -2.55. The average Bonchev–Trinajstić information content (AvgIpc) is 3.06. The number of hydrogen-bond acceptors (Lipinski definition) is 1. The molecule has 0 saturated heterocycles. The van der Waals surface area contributed by atoms with Crippen LogP contribution in [0, 0.1) is 0 Å². The smallest absolute Gasteiger partial charge is 0.255 e. The fourth-order valence-electron chi connectivity index (χ4n) is 3.64. The van der Waals surface area contributed by atoms with Gasteiger partial charge in [-0.05, 0) is 38.5 Å². The van der Waals surface area contributed by atoms with Crippen LogP contribution in [0.5, 0.6) is 0 Å². The molecule has 0 saturated carbocycles. The summed E-state index contributed by atoms with van der Waals surface area (Å²) in [5.41, 5.74) is 3.93. The summed E-state index contributed by atoms with van der Waals surface area (Å²) in [5, 5.41) is 1.18. The van der Waals surface area contributed by atoms with Crippen LogP contribution < -0.4 is 0 Å². The summed E-state index contributed by atoms with van der Waals surface area (Å²) in [4.78, 5) is 18.4. The van der Waals surface area contributed by atoms with Crippen LogP contribution in [0.1, 0.15) is 48.3 Å². The van der Waals surface area contributed by atoms with Gasteiger partial charge in [-0.15, -0.1) is 0 Å². The second-order valence-corrected chi connectivity index (χ2v) is 7.13. The van der Waals surface area contributed by atoms with E-state index < -0.39 is 0 Å². The van der Waals surface area contributed by atoms with E-state index in [1.807, 2.05) is 41.4 Å². The van der Waals surface area contributed by atoms with Crippen LogP contribution in [-0.4, -0.2) is 21.3 Å². The minimum absolute atomic E-state index is 0.0464. The molecule has 23 heavy (non-hydrogen) atoms. The lowest BCUT2D eigenvalue weighted by Crippen LogP contribution is -2.44. The Morgan fingerprint density at radius 1 is 0.957 bits per heavy atom. The molecule has 1 N–H and O–H groups in total. The summed E-state index contributed by atoms with van der Waals surface area (Å²) >= 11 is 0. The fourth-order valence-corrected chi connectivity index (χ4v) is 3.64. The Kier molecular flexibility index (Phi) is 2.89. The van der Waals surface area contributed by atoms with E-state index in [4.69, 9.17) is 0 Å². The molecular weight excluding hydrogens is 284 g/mol. The van der Waals surface area contributed by atoms with Gasteiger partial charge in [0.15, 0.2) is 0 Å². The van der Waals surface area contributed by atoms with Crippen molar-refractivity contribution < 1.29 is 4.79 Å². The van der Waals surface area contributed by atoms with Crippen LogP contribution in [-0.2, 0) is 0 Å². The molecule has 2 aromatic carbocycles. The van der Waals surface area contributed by atoms with Gasteiger partial charge < -0.3 is 9.88 Å². The van der Waals surface area contributed by atoms with E-state index in [2.05, 4.69) is 44.0 Å². The molecule has 1 aliphatic rings. The molecule has 3 nitrogen and oxygen atoms in total. The van der Waals surface area contributed by atoms with Crippen molar-refractivity contribution in [3.8, 4) is 0 Å². The third-order valence-electron chi connectivity index (χ3n) is 4.60. The van der Waals surface area contributed by atoms with Crippen molar-refractivity contribution in [2.75, 3.05) is 0 Å². The number of rotatable bonds is 1. The van der Waals surface area contributed by atoms with Gasteiger partial charge >= 0.3 is 0 Å². The van der Waals surface area contributed by atoms with Crippen LogP contribution in [0.3, 0.4) is 0 Å². The van der Waals surface area contributed by atoms with Crippen molar-refractivity contribution in [2.24, 2.45) is 0 Å². The van der Waals surface area contributed by atoms with E-state index in [0.717, 1.165) is 22.2 Å². The Balaban J connectivity index is 1.99. The molecule has 3 heteroatoms. The van der Waals surface area contributed by atoms with E-state index in [1.54, 1.807) is 0 Å². The molecule has 0 fully saturated rings. The standard InChI is InChI=1S/C20H20N2O/c1-20(2,3)22-18(14-9-4-5-10-15(14)19(22)23)16-12-21-17-11-7-6-8-13(16)17/h4-12,18,21H,1-3H3/t18-/m1/s1. The molecule has 1 aliphatic heterocycles. The number of fused-ring (bicyclic) bond motifs is 2. The van der Waals surface area contributed by atoms with Gasteiger partial charge in [-0.1, -0.05) is 36.4 Å². The largest absolute Gasteiger partial charge is 0.361 e. The van der Waals surface area contributed by atoms with Crippen LogP contribution in [0.15, 0.2) is 54.7 Å². The molecule has 2 heterocycles. The second kappa shape index (κ2) is 4.72. The van der Waals surface area contributed by atoms with Gasteiger partial charge in [-0.3, -0.25) is 4.79 Å². The average molecular weight is 304 g/mol. The van der Waals surface area contributed by atoms with E-state index in [-0.39, 0.29) is 17.5 Å². The lowest BCUT2D eigenvalue weighted by atomic mass is 9.95. The zero-order valence-electron chi connectivity index (χ0n) is 13.6. The first-order valence-corrected chi connectivity index (χ1v) is 7.97. The Morgan fingerprint density at radius 2 is 1.65 bits per heavy atom. The molecule has 116 valence electrons. The highest BCUT2D eigenvalue weighted by molar-refractivity contribution is 6.01. The highest BCUT2D eigenvalue weighted by Crippen LogP contribution is 2.44. The molecule has 4 rings (SSSR count). The van der Waals surface area contributed by atoms with Crippen molar-refractivity contribution in [3.05, 3.63) is 71.4 Å². The number of benzene rings is 2. The predicted molar refractivity (Wildman–Crippen MR) is 92.5 cm³/mol. The quantitative estimate of drug-likeness (QED) is 0.705. The summed E-state index contributed by atoms with van der Waals surface area (Å²) in [7, 11) is 0. The SMILES string of the molecule is CC(C)(C)N1C(=O)c2ccccc2[C@@H]1c1c[nH]c2ccccc12. The maximum absolute atomic E-state index is 13.0. The normalized spacial score (nSPS) is 17.8. The maximum Gasteiger partial charge on any atom is 0.255 e. The number of aromatic nitrogens is 1. The molecule has 1 amide bonds. The van der Waals surface area contributed by atoms with Crippen LogP contribution >= 0.6 is 0 Å². The maximum atomic E-state index is 13.0. The Labute approximate surface area is 135 Å². The molecule has 1 atom stereocenters. The molecule has 0 unspecified atom stereocenters. The molecule has 0 radical (unpaired) electrons. The van der Waals surface area contributed by atoms with Gasteiger partial charge in [0.25, 0.3) is 5.91 Å². The number of H-pyrrole nitrogens is 1. The van der Waals surface area contributed by atoms with Gasteiger partial charge in [0.05, 0.1) is 6.04 Å². The summed E-state index contributed by atoms with van der Waals surface area (Å²) in [6.45, 7) is 6.29.